The number of ether oxygens (including phenoxy) is 1. The van der Waals surface area contributed by atoms with E-state index in [1.807, 2.05) is 6.92 Å². The molecule has 1 aromatic heterocycles. The summed E-state index contributed by atoms with van der Waals surface area (Å²) in [6, 6.07) is 4.23. The number of methoxy groups -OCH3 is 1. The van der Waals surface area contributed by atoms with Gasteiger partial charge in [-0.3, -0.25) is 4.79 Å². The highest BCUT2D eigenvalue weighted by Gasteiger charge is 2.07. The van der Waals surface area contributed by atoms with E-state index in [4.69, 9.17) is 4.74 Å². The number of aliphatic imine (C=N–C) groups is 1. The molecule has 0 fully saturated rings. The Bertz CT molecular complexity index is 463. The number of rotatable bonds is 10. The van der Waals surface area contributed by atoms with Crippen LogP contribution in [0.4, 0.5) is 0 Å². The lowest BCUT2D eigenvalue weighted by Gasteiger charge is -2.15. The summed E-state index contributed by atoms with van der Waals surface area (Å²) in [5, 5.41) is 11.3. The second-order valence-corrected chi connectivity index (χ2v) is 6.34. The predicted molar refractivity (Wildman–Crippen MR) is 96.1 cm³/mol. The predicted octanol–water partition coefficient (Wildman–Crippen LogP) is 1.24. The van der Waals surface area contributed by atoms with Crippen molar-refractivity contribution in [3.8, 4) is 0 Å². The molecule has 1 rings (SSSR count). The van der Waals surface area contributed by atoms with Crippen LogP contribution in [0, 0.1) is 5.92 Å². The molecule has 23 heavy (non-hydrogen) atoms. The van der Waals surface area contributed by atoms with Crippen LogP contribution >= 0.6 is 11.3 Å². The molecular weight excluding hydrogens is 312 g/mol. The third kappa shape index (κ3) is 9.20. The first-order valence-corrected chi connectivity index (χ1v) is 8.83. The zero-order valence-corrected chi connectivity index (χ0v) is 15.0. The number of guanidine groups is 1. The SMILES string of the molecule is CCNC(=NCC(=O)NCCOC)NCC(C)Cc1cccs1. The van der Waals surface area contributed by atoms with Gasteiger partial charge in [-0.15, -0.1) is 11.3 Å². The van der Waals surface area contributed by atoms with Crippen LogP contribution in [0.2, 0.25) is 0 Å². The summed E-state index contributed by atoms with van der Waals surface area (Å²) < 4.78 is 4.89. The van der Waals surface area contributed by atoms with Crippen molar-refractivity contribution in [3.63, 3.8) is 0 Å². The van der Waals surface area contributed by atoms with Crippen LogP contribution in [-0.2, 0) is 16.0 Å². The smallest absolute Gasteiger partial charge is 0.241 e. The van der Waals surface area contributed by atoms with Gasteiger partial charge >= 0.3 is 0 Å². The van der Waals surface area contributed by atoms with E-state index in [1.54, 1.807) is 18.4 Å². The van der Waals surface area contributed by atoms with Crippen molar-refractivity contribution in [3.05, 3.63) is 22.4 Å². The minimum Gasteiger partial charge on any atom is -0.383 e. The summed E-state index contributed by atoms with van der Waals surface area (Å²) >= 11 is 1.78. The van der Waals surface area contributed by atoms with Crippen molar-refractivity contribution in [2.45, 2.75) is 20.3 Å². The maximum atomic E-state index is 11.6. The van der Waals surface area contributed by atoms with E-state index in [2.05, 4.69) is 45.4 Å². The summed E-state index contributed by atoms with van der Waals surface area (Å²) in [5.74, 6) is 1.06. The molecule has 0 aliphatic carbocycles. The number of amides is 1. The van der Waals surface area contributed by atoms with E-state index in [9.17, 15) is 4.79 Å². The summed E-state index contributed by atoms with van der Waals surface area (Å²) in [6.07, 6.45) is 1.04. The molecule has 1 atom stereocenters. The van der Waals surface area contributed by atoms with Crippen LogP contribution in [0.1, 0.15) is 18.7 Å². The lowest BCUT2D eigenvalue weighted by Crippen LogP contribution is -2.40. The van der Waals surface area contributed by atoms with E-state index < -0.39 is 0 Å². The monoisotopic (exact) mass is 340 g/mol. The molecule has 1 unspecified atom stereocenters. The molecule has 0 spiro atoms. The average Bonchev–Trinajstić information content (AvgIpc) is 3.03. The van der Waals surface area contributed by atoms with Gasteiger partial charge in [0.05, 0.1) is 6.61 Å². The Morgan fingerprint density at radius 2 is 2.22 bits per heavy atom. The van der Waals surface area contributed by atoms with Gasteiger partial charge in [-0.05, 0) is 30.7 Å². The molecule has 1 aromatic rings. The van der Waals surface area contributed by atoms with Gasteiger partial charge in [0.25, 0.3) is 0 Å². The first-order chi connectivity index (χ1) is 11.2. The number of nitrogens with one attached hydrogen (secondary N) is 3. The number of carbonyl (C=O) groups excluding carboxylic acids is 1. The van der Waals surface area contributed by atoms with Crippen molar-refractivity contribution in [2.24, 2.45) is 10.9 Å². The van der Waals surface area contributed by atoms with E-state index in [1.165, 1.54) is 4.88 Å². The van der Waals surface area contributed by atoms with Gasteiger partial charge in [0.15, 0.2) is 5.96 Å². The van der Waals surface area contributed by atoms with Crippen LogP contribution in [0.15, 0.2) is 22.5 Å². The molecule has 0 aliphatic heterocycles. The molecule has 0 aliphatic rings. The summed E-state index contributed by atoms with van der Waals surface area (Å²) in [7, 11) is 1.61. The number of hydrogen-bond donors (Lipinski definition) is 3. The van der Waals surface area contributed by atoms with Gasteiger partial charge in [-0.2, -0.15) is 0 Å². The maximum absolute atomic E-state index is 11.6. The highest BCUT2D eigenvalue weighted by Crippen LogP contribution is 2.13. The average molecular weight is 340 g/mol. The van der Waals surface area contributed by atoms with E-state index in [0.717, 1.165) is 19.5 Å². The Morgan fingerprint density at radius 3 is 2.87 bits per heavy atom. The van der Waals surface area contributed by atoms with Crippen molar-refractivity contribution >= 4 is 23.2 Å². The quantitative estimate of drug-likeness (QED) is 0.340. The molecule has 1 amide bonds. The van der Waals surface area contributed by atoms with Crippen molar-refractivity contribution < 1.29 is 9.53 Å². The van der Waals surface area contributed by atoms with Crippen LogP contribution in [0.25, 0.3) is 0 Å². The second kappa shape index (κ2) is 11.9. The highest BCUT2D eigenvalue weighted by atomic mass is 32.1. The molecular formula is C16H28N4O2S. The van der Waals surface area contributed by atoms with Gasteiger partial charge in [-0.1, -0.05) is 13.0 Å². The van der Waals surface area contributed by atoms with Gasteiger partial charge < -0.3 is 20.7 Å². The molecule has 0 radical (unpaired) electrons. The number of carbonyl (C=O) groups is 1. The fourth-order valence-corrected chi connectivity index (χ4v) is 2.83. The Kier molecular flexibility index (Phi) is 10.1. The minimum atomic E-state index is -0.106. The fourth-order valence-electron chi connectivity index (χ4n) is 1.96. The first-order valence-electron chi connectivity index (χ1n) is 7.95. The zero-order chi connectivity index (χ0) is 16.9. The van der Waals surface area contributed by atoms with Gasteiger partial charge in [0.1, 0.15) is 6.54 Å². The number of thiophene rings is 1. The molecule has 130 valence electrons. The Morgan fingerprint density at radius 1 is 1.39 bits per heavy atom. The molecule has 0 saturated heterocycles. The lowest BCUT2D eigenvalue weighted by molar-refractivity contribution is -0.119. The topological polar surface area (TPSA) is 74.8 Å². The fraction of sp³-hybridized carbons (Fsp3) is 0.625. The van der Waals surface area contributed by atoms with Crippen molar-refractivity contribution in [1.82, 2.24) is 16.0 Å². The summed E-state index contributed by atoms with van der Waals surface area (Å²) in [5.41, 5.74) is 0. The van der Waals surface area contributed by atoms with Crippen LogP contribution in [-0.4, -0.2) is 51.8 Å². The number of nitrogens with zero attached hydrogens (tertiary/aromatic N) is 1. The lowest BCUT2D eigenvalue weighted by atomic mass is 10.1. The second-order valence-electron chi connectivity index (χ2n) is 5.31. The van der Waals surface area contributed by atoms with Gasteiger partial charge in [-0.25, -0.2) is 4.99 Å². The molecule has 1 heterocycles. The van der Waals surface area contributed by atoms with Crippen LogP contribution in [0.3, 0.4) is 0 Å². The maximum Gasteiger partial charge on any atom is 0.241 e. The Balaban J connectivity index is 2.34. The Hall–Kier alpha value is -1.60. The molecule has 0 bridgehead atoms. The largest absolute Gasteiger partial charge is 0.383 e. The minimum absolute atomic E-state index is 0.106. The molecule has 0 aromatic carbocycles. The number of hydrogen-bond acceptors (Lipinski definition) is 4. The van der Waals surface area contributed by atoms with Gasteiger partial charge in [0, 0.05) is 31.6 Å². The van der Waals surface area contributed by atoms with Crippen LogP contribution < -0.4 is 16.0 Å². The summed E-state index contributed by atoms with van der Waals surface area (Å²) in [4.78, 5) is 17.3. The molecule has 7 heteroatoms. The molecule has 0 saturated carbocycles. The van der Waals surface area contributed by atoms with E-state index >= 15 is 0 Å². The Labute approximate surface area is 142 Å². The first kappa shape index (κ1) is 19.4. The van der Waals surface area contributed by atoms with Crippen LogP contribution in [0.5, 0.6) is 0 Å². The normalized spacial score (nSPS) is 12.7. The third-order valence-corrected chi connectivity index (χ3v) is 4.00. The molecule has 6 nitrogen and oxygen atoms in total. The standard InChI is InChI=1S/C16H28N4O2S/c1-4-17-16(20-12-15(21)18-7-8-22-3)19-11-13(2)10-14-6-5-9-23-14/h5-6,9,13H,4,7-8,10-12H2,1-3H3,(H,18,21)(H2,17,19,20). The van der Waals surface area contributed by atoms with E-state index in [-0.39, 0.29) is 12.5 Å². The zero-order valence-electron chi connectivity index (χ0n) is 14.2. The van der Waals surface area contributed by atoms with Gasteiger partial charge in [0.2, 0.25) is 5.91 Å². The van der Waals surface area contributed by atoms with Crippen molar-refractivity contribution in [1.29, 1.82) is 0 Å². The van der Waals surface area contributed by atoms with E-state index in [0.29, 0.717) is 25.0 Å². The third-order valence-electron chi connectivity index (χ3n) is 3.10. The highest BCUT2D eigenvalue weighted by molar-refractivity contribution is 7.09. The van der Waals surface area contributed by atoms with Crippen molar-refractivity contribution in [2.75, 3.05) is 39.9 Å². The molecule has 3 N–H and O–H groups in total. The summed E-state index contributed by atoms with van der Waals surface area (Å²) in [6.45, 7) is 6.91.